The molecule has 0 spiro atoms. The summed E-state index contributed by atoms with van der Waals surface area (Å²) in [7, 11) is 0. The van der Waals surface area contributed by atoms with Crippen molar-refractivity contribution in [2.24, 2.45) is 0 Å². The van der Waals surface area contributed by atoms with Crippen LogP contribution in [0.4, 0.5) is 5.69 Å². The molecule has 0 radical (unpaired) electrons. The lowest BCUT2D eigenvalue weighted by molar-refractivity contribution is 0.102. The summed E-state index contributed by atoms with van der Waals surface area (Å²) >= 11 is 5.94. The zero-order chi connectivity index (χ0) is 13.0. The van der Waals surface area contributed by atoms with Gasteiger partial charge in [-0.05, 0) is 30.3 Å². The van der Waals surface area contributed by atoms with Gasteiger partial charge in [-0.15, -0.1) is 0 Å². The first-order valence-corrected chi connectivity index (χ1v) is 5.50. The highest BCUT2D eigenvalue weighted by molar-refractivity contribution is 6.33. The van der Waals surface area contributed by atoms with Gasteiger partial charge in [0.15, 0.2) is 0 Å². The Bertz CT molecular complexity index is 620. The molecule has 0 saturated carbocycles. The Hall–Kier alpha value is -2.38. The maximum Gasteiger partial charge on any atom is 0.274 e. The van der Waals surface area contributed by atoms with Crippen LogP contribution in [-0.2, 0) is 0 Å². The molecule has 0 unspecified atom stereocenters. The van der Waals surface area contributed by atoms with Crippen molar-refractivity contribution in [2.75, 3.05) is 5.32 Å². The molecule has 0 saturated heterocycles. The Balaban J connectivity index is 2.25. The summed E-state index contributed by atoms with van der Waals surface area (Å²) in [6.07, 6.45) is 1.53. The van der Waals surface area contributed by atoms with E-state index in [2.05, 4.69) is 10.3 Å². The van der Waals surface area contributed by atoms with Crippen molar-refractivity contribution < 1.29 is 4.79 Å². The number of rotatable bonds is 2. The minimum atomic E-state index is -0.368. The Morgan fingerprint density at radius 1 is 1.33 bits per heavy atom. The van der Waals surface area contributed by atoms with E-state index in [1.54, 1.807) is 30.3 Å². The molecule has 0 bridgehead atoms. The molecule has 1 amide bonds. The number of benzene rings is 1. The van der Waals surface area contributed by atoms with Crippen LogP contribution in [0.25, 0.3) is 0 Å². The van der Waals surface area contributed by atoms with Gasteiger partial charge in [0, 0.05) is 6.20 Å². The van der Waals surface area contributed by atoms with Gasteiger partial charge in [-0.3, -0.25) is 9.78 Å². The fraction of sp³-hybridized carbons (Fsp3) is 0. The average Bonchev–Trinajstić information content (AvgIpc) is 2.42. The van der Waals surface area contributed by atoms with Crippen LogP contribution in [-0.4, -0.2) is 10.9 Å². The second kappa shape index (κ2) is 5.30. The third-order valence-electron chi connectivity index (χ3n) is 2.24. The first-order chi connectivity index (χ1) is 8.70. The molecule has 0 aliphatic heterocycles. The fourth-order valence-electron chi connectivity index (χ4n) is 1.37. The molecule has 1 aromatic carbocycles. The van der Waals surface area contributed by atoms with Gasteiger partial charge in [0.05, 0.1) is 22.3 Å². The van der Waals surface area contributed by atoms with E-state index < -0.39 is 0 Å². The van der Waals surface area contributed by atoms with Crippen molar-refractivity contribution in [1.82, 2.24) is 4.98 Å². The first-order valence-electron chi connectivity index (χ1n) is 5.13. The summed E-state index contributed by atoms with van der Waals surface area (Å²) in [4.78, 5) is 15.8. The van der Waals surface area contributed by atoms with E-state index in [9.17, 15) is 4.79 Å². The predicted molar refractivity (Wildman–Crippen MR) is 68.4 cm³/mol. The molecule has 0 fully saturated rings. The van der Waals surface area contributed by atoms with E-state index >= 15 is 0 Å². The van der Waals surface area contributed by atoms with Gasteiger partial charge < -0.3 is 5.32 Å². The van der Waals surface area contributed by atoms with Gasteiger partial charge in [0.25, 0.3) is 5.91 Å². The SMILES string of the molecule is N#Cc1ccc(Cl)c(NC(=O)c2ccccn2)c1. The third-order valence-corrected chi connectivity index (χ3v) is 2.57. The lowest BCUT2D eigenvalue weighted by atomic mass is 10.2. The predicted octanol–water partition coefficient (Wildman–Crippen LogP) is 2.86. The number of anilines is 1. The molecular weight excluding hydrogens is 250 g/mol. The second-order valence-electron chi connectivity index (χ2n) is 3.48. The van der Waals surface area contributed by atoms with Crippen molar-refractivity contribution >= 4 is 23.2 Å². The highest BCUT2D eigenvalue weighted by atomic mass is 35.5. The van der Waals surface area contributed by atoms with Crippen LogP contribution in [0.5, 0.6) is 0 Å². The average molecular weight is 258 g/mol. The van der Waals surface area contributed by atoms with Crippen molar-refractivity contribution in [2.45, 2.75) is 0 Å². The molecule has 2 rings (SSSR count). The van der Waals surface area contributed by atoms with Crippen molar-refractivity contribution in [3.63, 3.8) is 0 Å². The molecule has 18 heavy (non-hydrogen) atoms. The van der Waals surface area contributed by atoms with E-state index in [-0.39, 0.29) is 11.6 Å². The fourth-order valence-corrected chi connectivity index (χ4v) is 1.54. The van der Waals surface area contributed by atoms with Gasteiger partial charge in [-0.25, -0.2) is 0 Å². The summed E-state index contributed by atoms with van der Waals surface area (Å²) in [6.45, 7) is 0. The molecular formula is C13H8ClN3O. The molecule has 1 aromatic heterocycles. The Morgan fingerprint density at radius 2 is 2.17 bits per heavy atom. The minimum Gasteiger partial charge on any atom is -0.319 e. The Kier molecular flexibility index (Phi) is 3.56. The zero-order valence-corrected chi connectivity index (χ0v) is 9.98. The van der Waals surface area contributed by atoms with Gasteiger partial charge in [0.1, 0.15) is 5.69 Å². The first kappa shape index (κ1) is 12.1. The number of halogens is 1. The number of carbonyl (C=O) groups is 1. The molecule has 1 heterocycles. The quantitative estimate of drug-likeness (QED) is 0.900. The van der Waals surface area contributed by atoms with Gasteiger partial charge in [0.2, 0.25) is 0 Å². The number of pyridine rings is 1. The van der Waals surface area contributed by atoms with E-state index in [1.165, 1.54) is 12.3 Å². The Labute approximate surface area is 109 Å². The number of hydrogen-bond donors (Lipinski definition) is 1. The number of amides is 1. The van der Waals surface area contributed by atoms with E-state index in [4.69, 9.17) is 16.9 Å². The summed E-state index contributed by atoms with van der Waals surface area (Å²) < 4.78 is 0. The van der Waals surface area contributed by atoms with Crippen LogP contribution in [0.15, 0.2) is 42.6 Å². The number of nitriles is 1. The number of carbonyl (C=O) groups excluding carboxylic acids is 1. The van der Waals surface area contributed by atoms with Gasteiger partial charge >= 0.3 is 0 Å². The number of aromatic nitrogens is 1. The molecule has 5 heteroatoms. The summed E-state index contributed by atoms with van der Waals surface area (Å²) in [5.74, 6) is -0.368. The van der Waals surface area contributed by atoms with Crippen molar-refractivity contribution in [3.05, 3.63) is 58.9 Å². The van der Waals surface area contributed by atoms with E-state index in [0.29, 0.717) is 16.3 Å². The molecule has 0 aliphatic rings. The van der Waals surface area contributed by atoms with Crippen LogP contribution < -0.4 is 5.32 Å². The molecule has 2 aromatic rings. The zero-order valence-electron chi connectivity index (χ0n) is 9.22. The van der Waals surface area contributed by atoms with Crippen LogP contribution in [0.1, 0.15) is 16.1 Å². The summed E-state index contributed by atoms with van der Waals surface area (Å²) in [5, 5.41) is 11.8. The maximum absolute atomic E-state index is 11.9. The molecule has 4 nitrogen and oxygen atoms in total. The summed E-state index contributed by atoms with van der Waals surface area (Å²) in [5.41, 5.74) is 1.11. The van der Waals surface area contributed by atoms with Crippen LogP contribution in [0.2, 0.25) is 5.02 Å². The maximum atomic E-state index is 11.9. The molecule has 0 aliphatic carbocycles. The highest BCUT2D eigenvalue weighted by Crippen LogP contribution is 2.23. The standard InChI is InChI=1S/C13H8ClN3O/c14-10-5-4-9(8-15)7-12(10)17-13(18)11-3-1-2-6-16-11/h1-7H,(H,17,18). The Morgan fingerprint density at radius 3 is 2.83 bits per heavy atom. The largest absolute Gasteiger partial charge is 0.319 e. The smallest absolute Gasteiger partial charge is 0.274 e. The van der Waals surface area contributed by atoms with E-state index in [1.807, 2.05) is 6.07 Å². The molecule has 1 N–H and O–H groups in total. The monoisotopic (exact) mass is 257 g/mol. The van der Waals surface area contributed by atoms with Crippen LogP contribution >= 0.6 is 11.6 Å². The van der Waals surface area contributed by atoms with Gasteiger partial charge in [-0.2, -0.15) is 5.26 Å². The molecule has 88 valence electrons. The topological polar surface area (TPSA) is 65.8 Å². The highest BCUT2D eigenvalue weighted by Gasteiger charge is 2.09. The number of nitrogens with zero attached hydrogens (tertiary/aromatic N) is 2. The third kappa shape index (κ3) is 2.65. The van der Waals surface area contributed by atoms with Crippen molar-refractivity contribution in [3.8, 4) is 6.07 Å². The van der Waals surface area contributed by atoms with Crippen LogP contribution in [0, 0.1) is 11.3 Å². The van der Waals surface area contributed by atoms with Crippen LogP contribution in [0.3, 0.4) is 0 Å². The van der Waals surface area contributed by atoms with E-state index in [0.717, 1.165) is 0 Å². The van der Waals surface area contributed by atoms with Gasteiger partial charge in [-0.1, -0.05) is 17.7 Å². The lowest BCUT2D eigenvalue weighted by Gasteiger charge is -2.06. The number of hydrogen-bond acceptors (Lipinski definition) is 3. The summed E-state index contributed by atoms with van der Waals surface area (Å²) in [6, 6.07) is 11.7. The second-order valence-corrected chi connectivity index (χ2v) is 3.88. The lowest BCUT2D eigenvalue weighted by Crippen LogP contribution is -2.13. The minimum absolute atomic E-state index is 0.288. The number of nitrogens with one attached hydrogen (secondary N) is 1. The molecule has 0 atom stereocenters. The normalized spacial score (nSPS) is 9.56. The van der Waals surface area contributed by atoms with Crippen molar-refractivity contribution in [1.29, 1.82) is 5.26 Å².